The zero-order valence-corrected chi connectivity index (χ0v) is 15.6. The van der Waals surface area contributed by atoms with Gasteiger partial charge in [-0.15, -0.1) is 0 Å². The number of imide groups is 1. The maximum Gasteiger partial charge on any atom is 0.326 e. The number of esters is 1. The number of amides is 2. The van der Waals surface area contributed by atoms with Gasteiger partial charge in [0, 0.05) is 6.54 Å². The predicted octanol–water partition coefficient (Wildman–Crippen LogP) is 2.27. The first-order chi connectivity index (χ1) is 13.1. The largest absolute Gasteiger partial charge is 0.459 e. The van der Waals surface area contributed by atoms with Gasteiger partial charge in [0.1, 0.15) is 18.7 Å². The van der Waals surface area contributed by atoms with Crippen molar-refractivity contribution in [3.8, 4) is 0 Å². The molecule has 27 heavy (non-hydrogen) atoms. The molecule has 3 fully saturated rings. The molecule has 1 saturated carbocycles. The minimum absolute atomic E-state index is 0.149. The van der Waals surface area contributed by atoms with E-state index in [1.807, 2.05) is 30.3 Å². The van der Waals surface area contributed by atoms with E-state index in [0.29, 0.717) is 0 Å². The Morgan fingerprint density at radius 1 is 1.07 bits per heavy atom. The zero-order chi connectivity index (χ0) is 18.9. The quantitative estimate of drug-likeness (QED) is 0.601. The molecule has 0 aromatic heterocycles. The standard InChI is InChI=1S/C21H26N2O4/c24-18(27-15-16-8-3-1-4-9-16)14-22-19(25)17-10-7-13-23(17)21(20(22)26)11-5-2-6-12-21/h1,3-4,8-9,17H,2,5-7,10-15H2/t17-/m0/s1. The highest BCUT2D eigenvalue weighted by Crippen LogP contribution is 2.43. The van der Waals surface area contributed by atoms with Crippen molar-refractivity contribution in [1.29, 1.82) is 0 Å². The van der Waals surface area contributed by atoms with Gasteiger partial charge < -0.3 is 4.74 Å². The first-order valence-electron chi connectivity index (χ1n) is 9.94. The minimum Gasteiger partial charge on any atom is -0.459 e. The Morgan fingerprint density at radius 2 is 1.81 bits per heavy atom. The summed E-state index contributed by atoms with van der Waals surface area (Å²) in [5.41, 5.74) is 0.292. The smallest absolute Gasteiger partial charge is 0.326 e. The summed E-state index contributed by atoms with van der Waals surface area (Å²) in [6, 6.07) is 9.14. The fourth-order valence-corrected chi connectivity index (χ4v) is 4.89. The molecular formula is C21H26N2O4. The van der Waals surface area contributed by atoms with Gasteiger partial charge in [0.25, 0.3) is 0 Å². The highest BCUT2D eigenvalue weighted by molar-refractivity contribution is 6.07. The third-order valence-electron chi connectivity index (χ3n) is 6.21. The normalized spacial score (nSPS) is 24.9. The molecule has 6 nitrogen and oxygen atoms in total. The lowest BCUT2D eigenvalue weighted by Gasteiger charge is -2.51. The lowest BCUT2D eigenvalue weighted by Crippen LogP contribution is -2.71. The molecule has 2 saturated heterocycles. The molecule has 4 rings (SSSR count). The predicted molar refractivity (Wildman–Crippen MR) is 98.5 cm³/mol. The highest BCUT2D eigenvalue weighted by Gasteiger charge is 2.58. The van der Waals surface area contributed by atoms with Crippen molar-refractivity contribution in [1.82, 2.24) is 9.80 Å². The summed E-state index contributed by atoms with van der Waals surface area (Å²) >= 11 is 0. The van der Waals surface area contributed by atoms with Crippen LogP contribution in [0.4, 0.5) is 0 Å². The molecule has 1 aliphatic carbocycles. The fraction of sp³-hybridized carbons (Fsp3) is 0.571. The monoisotopic (exact) mass is 370 g/mol. The first-order valence-corrected chi connectivity index (χ1v) is 9.94. The number of hydrogen-bond donors (Lipinski definition) is 0. The second kappa shape index (κ2) is 7.43. The van der Waals surface area contributed by atoms with Crippen molar-refractivity contribution in [2.75, 3.05) is 13.1 Å². The Morgan fingerprint density at radius 3 is 2.56 bits per heavy atom. The Balaban J connectivity index is 1.48. The Hall–Kier alpha value is -2.21. The molecule has 2 aliphatic heterocycles. The van der Waals surface area contributed by atoms with Gasteiger partial charge in [0.15, 0.2) is 0 Å². The molecule has 1 atom stereocenters. The third kappa shape index (κ3) is 3.27. The van der Waals surface area contributed by atoms with Crippen LogP contribution in [-0.4, -0.2) is 52.3 Å². The summed E-state index contributed by atoms with van der Waals surface area (Å²) in [4.78, 5) is 41.9. The fourth-order valence-electron chi connectivity index (χ4n) is 4.89. The van der Waals surface area contributed by atoms with E-state index in [1.54, 1.807) is 0 Å². The molecule has 144 valence electrons. The van der Waals surface area contributed by atoms with Gasteiger partial charge in [-0.25, -0.2) is 0 Å². The summed E-state index contributed by atoms with van der Waals surface area (Å²) < 4.78 is 5.32. The molecule has 6 heteroatoms. The number of hydrogen-bond acceptors (Lipinski definition) is 5. The summed E-state index contributed by atoms with van der Waals surface area (Å²) in [7, 11) is 0. The Labute approximate surface area is 159 Å². The summed E-state index contributed by atoms with van der Waals surface area (Å²) in [5.74, 6) is -0.953. The SMILES string of the molecule is O=C(CN1C(=O)[C@@H]2CCCN2C2(CCCCC2)C1=O)OCc1ccccc1. The van der Waals surface area contributed by atoms with Crippen molar-refractivity contribution in [2.24, 2.45) is 0 Å². The number of carbonyl (C=O) groups is 3. The van der Waals surface area contributed by atoms with Gasteiger partial charge in [0.05, 0.1) is 6.04 Å². The van der Waals surface area contributed by atoms with E-state index in [-0.39, 0.29) is 31.0 Å². The van der Waals surface area contributed by atoms with Crippen LogP contribution in [0.2, 0.25) is 0 Å². The second-order valence-electron chi connectivity index (χ2n) is 7.82. The summed E-state index contributed by atoms with van der Waals surface area (Å²) in [5, 5.41) is 0. The average molecular weight is 370 g/mol. The minimum atomic E-state index is -0.590. The van der Waals surface area contributed by atoms with Crippen LogP contribution in [0.25, 0.3) is 0 Å². The molecular weight excluding hydrogens is 344 g/mol. The van der Waals surface area contributed by atoms with E-state index in [2.05, 4.69) is 4.90 Å². The molecule has 2 amide bonds. The number of carbonyl (C=O) groups excluding carboxylic acids is 3. The number of piperazine rings is 1. The number of benzene rings is 1. The summed E-state index contributed by atoms with van der Waals surface area (Å²) in [6.07, 6.45) is 6.38. The molecule has 0 N–H and O–H groups in total. The van der Waals surface area contributed by atoms with Crippen LogP contribution in [0.15, 0.2) is 30.3 Å². The van der Waals surface area contributed by atoms with Crippen molar-refractivity contribution in [2.45, 2.75) is 63.1 Å². The van der Waals surface area contributed by atoms with Gasteiger partial charge in [-0.05, 0) is 31.2 Å². The molecule has 3 aliphatic rings. The molecule has 1 spiro atoms. The topological polar surface area (TPSA) is 66.9 Å². The van der Waals surface area contributed by atoms with E-state index in [1.165, 1.54) is 4.90 Å². The number of rotatable bonds is 4. The van der Waals surface area contributed by atoms with E-state index in [9.17, 15) is 14.4 Å². The van der Waals surface area contributed by atoms with E-state index >= 15 is 0 Å². The number of nitrogens with zero attached hydrogens (tertiary/aromatic N) is 2. The molecule has 1 aromatic rings. The molecule has 0 bridgehead atoms. The van der Waals surface area contributed by atoms with Crippen molar-refractivity contribution in [3.63, 3.8) is 0 Å². The Kier molecular flexibility index (Phi) is 5.00. The third-order valence-corrected chi connectivity index (χ3v) is 6.21. The van der Waals surface area contributed by atoms with Gasteiger partial charge in [-0.1, -0.05) is 49.6 Å². The van der Waals surface area contributed by atoms with Crippen molar-refractivity contribution in [3.05, 3.63) is 35.9 Å². The van der Waals surface area contributed by atoms with E-state index in [0.717, 1.165) is 57.1 Å². The lowest BCUT2D eigenvalue weighted by molar-refractivity contribution is -0.174. The maximum absolute atomic E-state index is 13.3. The summed E-state index contributed by atoms with van der Waals surface area (Å²) in [6.45, 7) is 0.668. The van der Waals surface area contributed by atoms with E-state index < -0.39 is 11.5 Å². The van der Waals surface area contributed by atoms with Crippen LogP contribution in [0.5, 0.6) is 0 Å². The van der Waals surface area contributed by atoms with Crippen LogP contribution in [0.1, 0.15) is 50.5 Å². The average Bonchev–Trinajstić information content (AvgIpc) is 3.21. The van der Waals surface area contributed by atoms with Crippen LogP contribution in [0.3, 0.4) is 0 Å². The van der Waals surface area contributed by atoms with Gasteiger partial charge >= 0.3 is 5.97 Å². The van der Waals surface area contributed by atoms with Crippen LogP contribution >= 0.6 is 0 Å². The van der Waals surface area contributed by atoms with E-state index in [4.69, 9.17) is 4.74 Å². The van der Waals surface area contributed by atoms with Gasteiger partial charge in [-0.2, -0.15) is 0 Å². The number of ether oxygens (including phenoxy) is 1. The van der Waals surface area contributed by atoms with Crippen LogP contribution < -0.4 is 0 Å². The molecule has 0 radical (unpaired) electrons. The van der Waals surface area contributed by atoms with Gasteiger partial charge in [-0.3, -0.25) is 24.2 Å². The molecule has 1 aromatic carbocycles. The second-order valence-corrected chi connectivity index (χ2v) is 7.82. The molecule has 0 unspecified atom stereocenters. The zero-order valence-electron chi connectivity index (χ0n) is 15.6. The maximum atomic E-state index is 13.3. The van der Waals surface area contributed by atoms with Gasteiger partial charge in [0.2, 0.25) is 11.8 Å². The van der Waals surface area contributed by atoms with Crippen molar-refractivity contribution < 1.29 is 19.1 Å². The van der Waals surface area contributed by atoms with Crippen LogP contribution in [0, 0.1) is 0 Å². The first kappa shape index (κ1) is 18.2. The van der Waals surface area contributed by atoms with Crippen molar-refractivity contribution >= 4 is 17.8 Å². The number of fused-ring (bicyclic) bond motifs is 2. The molecule has 2 heterocycles. The highest BCUT2D eigenvalue weighted by atomic mass is 16.5. The lowest BCUT2D eigenvalue weighted by atomic mass is 9.77. The van der Waals surface area contributed by atoms with Crippen LogP contribution in [-0.2, 0) is 25.7 Å². The Bertz CT molecular complexity index is 727.